The Morgan fingerprint density at radius 3 is 2.39 bits per heavy atom. The van der Waals surface area contributed by atoms with Crippen molar-refractivity contribution in [2.24, 2.45) is 0 Å². The molecule has 4 rings (SSSR count). The van der Waals surface area contributed by atoms with E-state index in [1.807, 2.05) is 77.6 Å². The fraction of sp³-hybridized carbons (Fsp3) is 0.0435. The highest BCUT2D eigenvalue weighted by Gasteiger charge is 2.23. The van der Waals surface area contributed by atoms with Crippen molar-refractivity contribution in [1.29, 1.82) is 0 Å². The Hall–Kier alpha value is -2.51. The lowest BCUT2D eigenvalue weighted by Crippen LogP contribution is -2.09. The zero-order valence-electron chi connectivity index (χ0n) is 15.1. The SMILES string of the molecule is COc1ccc(-c2c(I)cnc(-c3ccsc3)c2C(=O)c2ccccc2)cc1. The second-order valence-corrected chi connectivity index (χ2v) is 8.08. The molecule has 0 amide bonds. The minimum atomic E-state index is -0.0290. The minimum absolute atomic E-state index is 0.0290. The molecule has 5 heteroatoms. The van der Waals surface area contributed by atoms with Crippen LogP contribution in [-0.2, 0) is 0 Å². The molecule has 3 nitrogen and oxygen atoms in total. The highest BCUT2D eigenvalue weighted by atomic mass is 127. The van der Waals surface area contributed by atoms with Crippen molar-refractivity contribution in [3.8, 4) is 28.1 Å². The van der Waals surface area contributed by atoms with Crippen LogP contribution in [0.2, 0.25) is 0 Å². The number of ketones is 1. The molecule has 28 heavy (non-hydrogen) atoms. The lowest BCUT2D eigenvalue weighted by atomic mass is 9.91. The summed E-state index contributed by atoms with van der Waals surface area (Å²) in [5, 5.41) is 4.02. The van der Waals surface area contributed by atoms with E-state index < -0.39 is 0 Å². The highest BCUT2D eigenvalue weighted by molar-refractivity contribution is 14.1. The first-order valence-electron chi connectivity index (χ1n) is 8.64. The lowest BCUT2D eigenvalue weighted by molar-refractivity contribution is 0.103. The molecular formula is C23H16INO2S. The standard InChI is InChI=1S/C23H16INO2S/c1-27-18-9-7-15(8-10-18)20-19(24)13-25-22(17-11-12-28-14-17)21(20)23(26)16-5-3-2-4-6-16/h2-14H,1H3. The first-order chi connectivity index (χ1) is 13.7. The molecule has 0 fully saturated rings. The van der Waals surface area contributed by atoms with Gasteiger partial charge in [-0.25, -0.2) is 0 Å². The van der Waals surface area contributed by atoms with Crippen LogP contribution >= 0.6 is 33.9 Å². The smallest absolute Gasteiger partial charge is 0.195 e. The maximum atomic E-state index is 13.6. The number of rotatable bonds is 5. The summed E-state index contributed by atoms with van der Waals surface area (Å²) in [5.41, 5.74) is 4.80. The van der Waals surface area contributed by atoms with E-state index in [2.05, 4.69) is 27.6 Å². The summed E-state index contributed by atoms with van der Waals surface area (Å²) in [6, 6.07) is 19.1. The predicted octanol–water partition coefficient (Wildman–Crippen LogP) is 6.32. The molecule has 2 aromatic heterocycles. The number of ether oxygens (including phenoxy) is 1. The van der Waals surface area contributed by atoms with E-state index in [-0.39, 0.29) is 5.78 Å². The molecule has 2 heterocycles. The molecule has 0 aliphatic heterocycles. The van der Waals surface area contributed by atoms with Crippen LogP contribution in [0.1, 0.15) is 15.9 Å². The van der Waals surface area contributed by atoms with Crippen molar-refractivity contribution >= 4 is 39.7 Å². The summed E-state index contributed by atoms with van der Waals surface area (Å²) < 4.78 is 6.22. The van der Waals surface area contributed by atoms with E-state index >= 15 is 0 Å². The van der Waals surface area contributed by atoms with E-state index in [1.165, 1.54) is 0 Å². The van der Waals surface area contributed by atoms with E-state index in [0.717, 1.165) is 26.0 Å². The van der Waals surface area contributed by atoms with Crippen molar-refractivity contribution in [3.63, 3.8) is 0 Å². The van der Waals surface area contributed by atoms with Gasteiger partial charge >= 0.3 is 0 Å². The van der Waals surface area contributed by atoms with Crippen LogP contribution < -0.4 is 4.74 Å². The number of nitrogens with zero attached hydrogens (tertiary/aromatic N) is 1. The first-order valence-corrected chi connectivity index (χ1v) is 10.7. The molecule has 138 valence electrons. The third kappa shape index (κ3) is 3.59. The molecule has 0 N–H and O–H groups in total. The van der Waals surface area contributed by atoms with Gasteiger partial charge in [-0.15, -0.1) is 0 Å². The fourth-order valence-electron chi connectivity index (χ4n) is 3.10. The van der Waals surface area contributed by atoms with Gasteiger partial charge in [-0.1, -0.05) is 42.5 Å². The van der Waals surface area contributed by atoms with Gasteiger partial charge in [0.15, 0.2) is 5.78 Å². The molecule has 0 radical (unpaired) electrons. The molecule has 0 unspecified atom stereocenters. The second kappa shape index (κ2) is 8.24. The van der Waals surface area contributed by atoms with Crippen molar-refractivity contribution in [3.05, 3.63) is 92.3 Å². The number of carbonyl (C=O) groups is 1. The number of carbonyl (C=O) groups excluding carboxylic acids is 1. The van der Waals surface area contributed by atoms with Crippen LogP contribution in [0.5, 0.6) is 5.75 Å². The number of aromatic nitrogens is 1. The van der Waals surface area contributed by atoms with E-state index in [4.69, 9.17) is 4.74 Å². The zero-order chi connectivity index (χ0) is 19.5. The average molecular weight is 497 g/mol. The maximum Gasteiger partial charge on any atom is 0.195 e. The van der Waals surface area contributed by atoms with Crippen molar-refractivity contribution in [1.82, 2.24) is 4.98 Å². The summed E-state index contributed by atoms with van der Waals surface area (Å²) in [7, 11) is 1.64. The fourth-order valence-corrected chi connectivity index (χ4v) is 4.46. The van der Waals surface area contributed by atoms with Crippen molar-refractivity contribution < 1.29 is 9.53 Å². The van der Waals surface area contributed by atoms with Gasteiger partial charge in [0.05, 0.1) is 18.4 Å². The number of methoxy groups -OCH3 is 1. The zero-order valence-corrected chi connectivity index (χ0v) is 18.0. The molecule has 0 aliphatic rings. The van der Waals surface area contributed by atoms with Crippen LogP contribution in [0.15, 0.2) is 77.6 Å². The van der Waals surface area contributed by atoms with Crippen LogP contribution in [0, 0.1) is 3.57 Å². The molecule has 0 aliphatic carbocycles. The molecule has 0 bridgehead atoms. The van der Waals surface area contributed by atoms with Crippen molar-refractivity contribution in [2.45, 2.75) is 0 Å². The average Bonchev–Trinajstić information content (AvgIpc) is 3.28. The number of hydrogen-bond acceptors (Lipinski definition) is 4. The number of benzene rings is 2. The number of thiophene rings is 1. The van der Waals surface area contributed by atoms with Crippen LogP contribution in [0.4, 0.5) is 0 Å². The van der Waals surface area contributed by atoms with E-state index in [9.17, 15) is 4.79 Å². The Labute approximate surface area is 181 Å². The van der Waals surface area contributed by atoms with E-state index in [0.29, 0.717) is 16.8 Å². The Morgan fingerprint density at radius 1 is 1.00 bits per heavy atom. The Morgan fingerprint density at radius 2 is 1.75 bits per heavy atom. The topological polar surface area (TPSA) is 39.2 Å². The normalized spacial score (nSPS) is 10.6. The third-order valence-corrected chi connectivity index (χ3v) is 5.97. The summed E-state index contributed by atoms with van der Waals surface area (Å²) in [5.74, 6) is 0.750. The van der Waals surface area contributed by atoms with Crippen molar-refractivity contribution in [2.75, 3.05) is 7.11 Å². The highest BCUT2D eigenvalue weighted by Crippen LogP contribution is 2.37. The van der Waals surface area contributed by atoms with Gasteiger partial charge in [-0.2, -0.15) is 11.3 Å². The van der Waals surface area contributed by atoms with Gasteiger partial charge < -0.3 is 4.74 Å². The Balaban J connectivity index is 1.99. The number of halogens is 1. The molecule has 4 aromatic rings. The molecule has 0 saturated carbocycles. The Bertz CT molecular complexity index is 1110. The third-order valence-electron chi connectivity index (χ3n) is 4.47. The molecule has 0 saturated heterocycles. The van der Waals surface area contributed by atoms with Gasteiger partial charge in [-0.3, -0.25) is 9.78 Å². The summed E-state index contributed by atoms with van der Waals surface area (Å²) in [4.78, 5) is 18.2. The van der Waals surface area contributed by atoms with Crippen LogP contribution in [-0.4, -0.2) is 17.9 Å². The summed E-state index contributed by atoms with van der Waals surface area (Å²) in [6.07, 6.45) is 1.83. The van der Waals surface area contributed by atoms with Gasteiger partial charge in [0.2, 0.25) is 0 Å². The van der Waals surface area contributed by atoms with Gasteiger partial charge in [0.1, 0.15) is 5.75 Å². The largest absolute Gasteiger partial charge is 0.497 e. The lowest BCUT2D eigenvalue weighted by Gasteiger charge is -2.15. The molecule has 0 spiro atoms. The second-order valence-electron chi connectivity index (χ2n) is 6.14. The molecule has 0 atom stereocenters. The minimum Gasteiger partial charge on any atom is -0.497 e. The number of pyridine rings is 1. The molecule has 2 aromatic carbocycles. The summed E-state index contributed by atoms with van der Waals surface area (Å²) >= 11 is 3.84. The van der Waals surface area contributed by atoms with Gasteiger partial charge in [0.25, 0.3) is 0 Å². The maximum absolute atomic E-state index is 13.6. The molecular weight excluding hydrogens is 481 g/mol. The van der Waals surface area contributed by atoms with Crippen LogP contribution in [0.3, 0.4) is 0 Å². The monoisotopic (exact) mass is 497 g/mol. The summed E-state index contributed by atoms with van der Waals surface area (Å²) in [6.45, 7) is 0. The van der Waals surface area contributed by atoms with E-state index in [1.54, 1.807) is 18.4 Å². The first kappa shape index (κ1) is 18.8. The van der Waals surface area contributed by atoms with Crippen LogP contribution in [0.25, 0.3) is 22.4 Å². The van der Waals surface area contributed by atoms with Gasteiger partial charge in [-0.05, 0) is 51.7 Å². The quantitative estimate of drug-likeness (QED) is 0.239. The number of hydrogen-bond donors (Lipinski definition) is 0. The predicted molar refractivity (Wildman–Crippen MR) is 122 cm³/mol. The van der Waals surface area contributed by atoms with Gasteiger partial charge in [0, 0.05) is 31.8 Å². The Kier molecular flexibility index (Phi) is 5.54.